The lowest BCUT2D eigenvalue weighted by molar-refractivity contribution is 0.431. The summed E-state index contributed by atoms with van der Waals surface area (Å²) < 4.78 is 17.1. The van der Waals surface area contributed by atoms with Crippen molar-refractivity contribution in [2.75, 3.05) is 6.26 Å². The predicted octanol–water partition coefficient (Wildman–Crippen LogP) is 3.79. The molecule has 6 heteroatoms. The monoisotopic (exact) mass is 318 g/mol. The molecule has 0 aliphatic rings. The largest absolute Gasteiger partial charge is 0.334 e. The van der Waals surface area contributed by atoms with Crippen molar-refractivity contribution in [1.29, 1.82) is 0 Å². The van der Waals surface area contributed by atoms with Crippen LogP contribution in [0.4, 0.5) is 0 Å². The van der Waals surface area contributed by atoms with Crippen LogP contribution in [-0.4, -0.2) is 20.6 Å². The Balaban J connectivity index is 2.03. The molecule has 0 aliphatic carbocycles. The highest BCUT2D eigenvalue weighted by molar-refractivity contribution is 7.84. The first-order valence-electron chi connectivity index (χ1n) is 6.17. The lowest BCUT2D eigenvalue weighted by Gasteiger charge is -2.01. The van der Waals surface area contributed by atoms with Crippen molar-refractivity contribution < 1.29 is 8.73 Å². The van der Waals surface area contributed by atoms with E-state index in [1.54, 1.807) is 24.5 Å². The van der Waals surface area contributed by atoms with Gasteiger partial charge >= 0.3 is 0 Å². The van der Waals surface area contributed by atoms with Gasteiger partial charge in [0.2, 0.25) is 5.82 Å². The number of hydrogen-bond donors (Lipinski definition) is 0. The van der Waals surface area contributed by atoms with Crippen LogP contribution in [0, 0.1) is 0 Å². The van der Waals surface area contributed by atoms with E-state index in [9.17, 15) is 4.21 Å². The van der Waals surface area contributed by atoms with Gasteiger partial charge in [-0.3, -0.25) is 4.21 Å². The molecule has 21 heavy (non-hydrogen) atoms. The van der Waals surface area contributed by atoms with Crippen LogP contribution in [0.3, 0.4) is 0 Å². The molecule has 0 spiro atoms. The van der Waals surface area contributed by atoms with Crippen molar-refractivity contribution in [1.82, 2.24) is 10.1 Å². The van der Waals surface area contributed by atoms with Gasteiger partial charge in [-0.1, -0.05) is 28.9 Å². The summed E-state index contributed by atoms with van der Waals surface area (Å²) in [5.74, 6) is 0.823. The Bertz CT molecular complexity index is 799. The van der Waals surface area contributed by atoms with Gasteiger partial charge in [0.15, 0.2) is 0 Å². The van der Waals surface area contributed by atoms with E-state index >= 15 is 0 Å². The Kier molecular flexibility index (Phi) is 3.86. The van der Waals surface area contributed by atoms with Crippen molar-refractivity contribution in [3.63, 3.8) is 0 Å². The van der Waals surface area contributed by atoms with Gasteiger partial charge in [-0.15, -0.1) is 0 Å². The van der Waals surface area contributed by atoms with Crippen LogP contribution in [0.1, 0.15) is 0 Å². The topological polar surface area (TPSA) is 56.0 Å². The molecule has 0 saturated carbocycles. The maximum atomic E-state index is 11.8. The normalized spacial score (nSPS) is 12.3. The third-order valence-electron chi connectivity index (χ3n) is 2.96. The molecule has 0 N–H and O–H groups in total. The molecule has 0 amide bonds. The molecule has 1 atom stereocenters. The fourth-order valence-electron chi connectivity index (χ4n) is 1.94. The van der Waals surface area contributed by atoms with E-state index in [2.05, 4.69) is 10.1 Å². The van der Waals surface area contributed by atoms with E-state index in [4.69, 9.17) is 16.1 Å². The summed E-state index contributed by atoms with van der Waals surface area (Å²) in [5, 5.41) is 4.61. The smallest absolute Gasteiger partial charge is 0.259 e. The second-order valence-electron chi connectivity index (χ2n) is 4.38. The lowest BCUT2D eigenvalue weighted by Crippen LogP contribution is -1.91. The highest BCUT2D eigenvalue weighted by Crippen LogP contribution is 2.27. The minimum absolute atomic E-state index is 0.353. The van der Waals surface area contributed by atoms with E-state index in [-0.39, 0.29) is 0 Å². The molecule has 0 radical (unpaired) electrons. The fraction of sp³-hybridized carbons (Fsp3) is 0.0667. The van der Waals surface area contributed by atoms with Gasteiger partial charge in [0.1, 0.15) is 0 Å². The summed E-state index contributed by atoms with van der Waals surface area (Å²) >= 11 is 5.86. The van der Waals surface area contributed by atoms with Crippen molar-refractivity contribution in [3.05, 3.63) is 53.6 Å². The first kappa shape index (κ1) is 14.0. The van der Waals surface area contributed by atoms with Gasteiger partial charge in [0, 0.05) is 16.8 Å². The molecular formula is C15H11ClN2O2S. The highest BCUT2D eigenvalue weighted by Gasteiger charge is 2.15. The number of benzene rings is 2. The van der Waals surface area contributed by atoms with Crippen molar-refractivity contribution >= 4 is 22.4 Å². The molecule has 106 valence electrons. The molecule has 0 unspecified atom stereocenters. The molecule has 1 heterocycles. The summed E-state index contributed by atoms with van der Waals surface area (Å²) in [6.07, 6.45) is 1.62. The Hall–Kier alpha value is -1.98. The zero-order chi connectivity index (χ0) is 14.8. The Morgan fingerprint density at radius 1 is 1.10 bits per heavy atom. The van der Waals surface area contributed by atoms with E-state index in [0.29, 0.717) is 27.2 Å². The van der Waals surface area contributed by atoms with Crippen LogP contribution >= 0.6 is 11.6 Å². The molecule has 1 aromatic heterocycles. The molecule has 0 bridgehead atoms. The minimum Gasteiger partial charge on any atom is -0.334 e. The average Bonchev–Trinajstić information content (AvgIpc) is 2.97. The summed E-state index contributed by atoms with van der Waals surface area (Å²) in [6, 6.07) is 14.5. The van der Waals surface area contributed by atoms with E-state index in [1.807, 2.05) is 30.3 Å². The number of hydrogen-bond acceptors (Lipinski definition) is 4. The molecule has 3 rings (SSSR count). The third kappa shape index (κ3) is 2.89. The molecule has 0 aliphatic heterocycles. The molecule has 0 fully saturated rings. The molecule has 2 aromatic carbocycles. The van der Waals surface area contributed by atoms with Crippen molar-refractivity contribution in [3.8, 4) is 22.8 Å². The predicted molar refractivity (Wildman–Crippen MR) is 82.5 cm³/mol. The van der Waals surface area contributed by atoms with Gasteiger partial charge in [0.25, 0.3) is 5.89 Å². The lowest BCUT2D eigenvalue weighted by atomic mass is 10.2. The minimum atomic E-state index is -1.12. The zero-order valence-corrected chi connectivity index (χ0v) is 12.7. The van der Waals surface area contributed by atoms with Gasteiger partial charge < -0.3 is 4.52 Å². The summed E-state index contributed by atoms with van der Waals surface area (Å²) in [5.41, 5.74) is 1.50. The maximum absolute atomic E-state index is 11.8. The SMILES string of the molecule is C[S@](=O)c1ccccc1-c1nc(-c2ccc(Cl)cc2)no1. The number of halogens is 1. The van der Waals surface area contributed by atoms with Gasteiger partial charge in [-0.2, -0.15) is 4.98 Å². The summed E-state index contributed by atoms with van der Waals surface area (Å²) in [7, 11) is -1.12. The quantitative estimate of drug-likeness (QED) is 0.737. The fourth-order valence-corrected chi connectivity index (χ4v) is 2.80. The molecule has 4 nitrogen and oxygen atoms in total. The van der Waals surface area contributed by atoms with Crippen LogP contribution < -0.4 is 0 Å². The first-order chi connectivity index (χ1) is 10.1. The average molecular weight is 319 g/mol. The van der Waals surface area contributed by atoms with Crippen LogP contribution in [0.15, 0.2) is 57.9 Å². The number of aromatic nitrogens is 2. The molecule has 0 saturated heterocycles. The van der Waals surface area contributed by atoms with Crippen LogP contribution in [-0.2, 0) is 10.8 Å². The second kappa shape index (κ2) is 5.79. The van der Waals surface area contributed by atoms with E-state index in [1.165, 1.54) is 0 Å². The van der Waals surface area contributed by atoms with E-state index in [0.717, 1.165) is 5.56 Å². The second-order valence-corrected chi connectivity index (χ2v) is 6.16. The van der Waals surface area contributed by atoms with Crippen LogP contribution in [0.5, 0.6) is 0 Å². The van der Waals surface area contributed by atoms with Crippen LogP contribution in [0.2, 0.25) is 5.02 Å². The van der Waals surface area contributed by atoms with E-state index < -0.39 is 10.8 Å². The highest BCUT2D eigenvalue weighted by atomic mass is 35.5. The van der Waals surface area contributed by atoms with Crippen molar-refractivity contribution in [2.24, 2.45) is 0 Å². The first-order valence-corrected chi connectivity index (χ1v) is 8.11. The summed E-state index contributed by atoms with van der Waals surface area (Å²) in [4.78, 5) is 5.04. The Morgan fingerprint density at radius 3 is 2.52 bits per heavy atom. The van der Waals surface area contributed by atoms with Gasteiger partial charge in [0.05, 0.1) is 21.3 Å². The third-order valence-corrected chi connectivity index (χ3v) is 4.18. The van der Waals surface area contributed by atoms with Gasteiger partial charge in [-0.25, -0.2) is 0 Å². The van der Waals surface area contributed by atoms with Gasteiger partial charge in [-0.05, 0) is 36.4 Å². The zero-order valence-electron chi connectivity index (χ0n) is 11.1. The number of rotatable bonds is 3. The maximum Gasteiger partial charge on any atom is 0.259 e. The standard InChI is InChI=1S/C15H11ClN2O2S/c1-21(19)13-5-3-2-4-12(13)15-17-14(18-20-15)10-6-8-11(16)9-7-10/h2-9H,1H3/t21-/m0/s1. The number of nitrogens with zero attached hydrogens (tertiary/aromatic N) is 2. The van der Waals surface area contributed by atoms with Crippen molar-refractivity contribution in [2.45, 2.75) is 4.90 Å². The summed E-state index contributed by atoms with van der Waals surface area (Å²) in [6.45, 7) is 0. The molecular weight excluding hydrogens is 308 g/mol. The Morgan fingerprint density at radius 2 is 1.81 bits per heavy atom. The van der Waals surface area contributed by atoms with Crippen LogP contribution in [0.25, 0.3) is 22.8 Å². The Labute approximate surface area is 129 Å². The molecule has 3 aromatic rings.